The Morgan fingerprint density at radius 2 is 1.71 bits per heavy atom. The van der Waals surface area contributed by atoms with Gasteiger partial charge in [0.05, 0.1) is 13.2 Å². The largest absolute Gasteiger partial charge is 0.376 e. The van der Waals surface area contributed by atoms with Crippen molar-refractivity contribution in [3.8, 4) is 0 Å². The summed E-state index contributed by atoms with van der Waals surface area (Å²) < 4.78 is 5.58. The lowest BCUT2D eigenvalue weighted by molar-refractivity contribution is 0.0599. The second-order valence-corrected chi connectivity index (χ2v) is 5.12. The SMILES string of the molecule is CC(C)(C)COCc1ccc(Cl)cc1. The van der Waals surface area contributed by atoms with Gasteiger partial charge in [-0.3, -0.25) is 0 Å². The van der Waals surface area contributed by atoms with Crippen molar-refractivity contribution in [1.82, 2.24) is 0 Å². The number of ether oxygens (including phenoxy) is 1. The van der Waals surface area contributed by atoms with Crippen LogP contribution in [0.4, 0.5) is 0 Å². The second kappa shape index (κ2) is 4.81. The highest BCUT2D eigenvalue weighted by Gasteiger charge is 2.09. The van der Waals surface area contributed by atoms with E-state index < -0.39 is 0 Å². The molecule has 0 saturated heterocycles. The van der Waals surface area contributed by atoms with Gasteiger partial charge >= 0.3 is 0 Å². The molecule has 0 spiro atoms. The van der Waals surface area contributed by atoms with E-state index in [4.69, 9.17) is 16.3 Å². The van der Waals surface area contributed by atoms with Crippen LogP contribution in [0.25, 0.3) is 0 Å². The van der Waals surface area contributed by atoms with Gasteiger partial charge in [-0.15, -0.1) is 0 Å². The van der Waals surface area contributed by atoms with Gasteiger partial charge in [-0.1, -0.05) is 44.5 Å². The van der Waals surface area contributed by atoms with E-state index in [2.05, 4.69) is 20.8 Å². The van der Waals surface area contributed by atoms with Crippen LogP contribution in [0.1, 0.15) is 26.3 Å². The van der Waals surface area contributed by atoms with Gasteiger partial charge in [-0.05, 0) is 23.1 Å². The van der Waals surface area contributed by atoms with Crippen molar-refractivity contribution in [2.45, 2.75) is 27.4 Å². The van der Waals surface area contributed by atoms with Crippen LogP contribution in [0.2, 0.25) is 5.02 Å². The lowest BCUT2D eigenvalue weighted by Crippen LogP contribution is -2.14. The fraction of sp³-hybridized carbons (Fsp3) is 0.500. The number of halogens is 1. The molecule has 0 aliphatic carbocycles. The number of rotatable bonds is 3. The highest BCUT2D eigenvalue weighted by Crippen LogP contribution is 2.15. The highest BCUT2D eigenvalue weighted by molar-refractivity contribution is 6.30. The summed E-state index contributed by atoms with van der Waals surface area (Å²) in [7, 11) is 0. The average Bonchev–Trinajstić information content (AvgIpc) is 2.06. The van der Waals surface area contributed by atoms with Gasteiger partial charge in [0.25, 0.3) is 0 Å². The Morgan fingerprint density at radius 1 is 1.14 bits per heavy atom. The third-order valence-electron chi connectivity index (χ3n) is 1.72. The van der Waals surface area contributed by atoms with Crippen LogP contribution in [0.5, 0.6) is 0 Å². The molecule has 1 nitrogen and oxygen atoms in total. The summed E-state index contributed by atoms with van der Waals surface area (Å²) in [5.74, 6) is 0. The highest BCUT2D eigenvalue weighted by atomic mass is 35.5. The van der Waals surface area contributed by atoms with Crippen molar-refractivity contribution < 1.29 is 4.74 Å². The molecule has 0 fully saturated rings. The van der Waals surface area contributed by atoms with Crippen molar-refractivity contribution in [3.05, 3.63) is 34.9 Å². The molecule has 0 aliphatic heterocycles. The van der Waals surface area contributed by atoms with E-state index in [0.717, 1.165) is 11.6 Å². The molecule has 2 heteroatoms. The van der Waals surface area contributed by atoms with Crippen LogP contribution in [0, 0.1) is 5.41 Å². The summed E-state index contributed by atoms with van der Waals surface area (Å²) in [6.07, 6.45) is 0. The smallest absolute Gasteiger partial charge is 0.0717 e. The standard InChI is InChI=1S/C12H17ClO/c1-12(2,3)9-14-8-10-4-6-11(13)7-5-10/h4-7H,8-9H2,1-3H3. The van der Waals surface area contributed by atoms with Crippen molar-refractivity contribution in [2.75, 3.05) is 6.61 Å². The molecule has 1 rings (SSSR count). The molecule has 1 aromatic carbocycles. The zero-order valence-electron chi connectivity index (χ0n) is 9.01. The minimum atomic E-state index is 0.229. The van der Waals surface area contributed by atoms with Gasteiger partial charge in [-0.2, -0.15) is 0 Å². The zero-order chi connectivity index (χ0) is 10.6. The van der Waals surface area contributed by atoms with Gasteiger partial charge in [0, 0.05) is 5.02 Å². The normalized spacial score (nSPS) is 11.7. The maximum atomic E-state index is 5.78. The topological polar surface area (TPSA) is 9.23 Å². The van der Waals surface area contributed by atoms with E-state index in [-0.39, 0.29) is 5.41 Å². The van der Waals surface area contributed by atoms with Crippen LogP contribution in [-0.2, 0) is 11.3 Å². The van der Waals surface area contributed by atoms with Gasteiger partial charge in [-0.25, -0.2) is 0 Å². The minimum Gasteiger partial charge on any atom is -0.376 e. The molecule has 78 valence electrons. The van der Waals surface area contributed by atoms with Crippen LogP contribution >= 0.6 is 11.6 Å². The molecule has 0 radical (unpaired) electrons. The lowest BCUT2D eigenvalue weighted by atomic mass is 9.99. The third kappa shape index (κ3) is 4.64. The molecule has 1 aromatic rings. The first kappa shape index (κ1) is 11.5. The first-order chi connectivity index (χ1) is 6.47. The Bertz CT molecular complexity index is 271. The summed E-state index contributed by atoms with van der Waals surface area (Å²) >= 11 is 5.78. The summed E-state index contributed by atoms with van der Waals surface area (Å²) in [4.78, 5) is 0. The molecule has 0 amide bonds. The Morgan fingerprint density at radius 3 is 2.21 bits per heavy atom. The second-order valence-electron chi connectivity index (χ2n) is 4.68. The predicted octanol–water partition coefficient (Wildman–Crippen LogP) is 3.90. The minimum absolute atomic E-state index is 0.229. The van der Waals surface area contributed by atoms with E-state index in [1.54, 1.807) is 0 Å². The molecule has 0 saturated carbocycles. The van der Waals surface area contributed by atoms with Crippen LogP contribution in [0.15, 0.2) is 24.3 Å². The lowest BCUT2D eigenvalue weighted by Gasteiger charge is -2.17. The van der Waals surface area contributed by atoms with Crippen molar-refractivity contribution in [2.24, 2.45) is 5.41 Å². The van der Waals surface area contributed by atoms with Crippen LogP contribution < -0.4 is 0 Å². The molecule has 0 atom stereocenters. The summed E-state index contributed by atoms with van der Waals surface area (Å²) in [5, 5.41) is 0.768. The van der Waals surface area contributed by atoms with E-state index in [0.29, 0.717) is 6.61 Å². The number of hydrogen-bond acceptors (Lipinski definition) is 1. The Hall–Kier alpha value is -0.530. The third-order valence-corrected chi connectivity index (χ3v) is 1.97. The monoisotopic (exact) mass is 212 g/mol. The Kier molecular flexibility index (Phi) is 3.97. The Labute approximate surface area is 91.0 Å². The van der Waals surface area contributed by atoms with Gasteiger partial charge in [0.1, 0.15) is 0 Å². The number of benzene rings is 1. The molecule has 0 aromatic heterocycles. The van der Waals surface area contributed by atoms with Gasteiger partial charge < -0.3 is 4.74 Å². The molecule has 14 heavy (non-hydrogen) atoms. The van der Waals surface area contributed by atoms with E-state index in [9.17, 15) is 0 Å². The van der Waals surface area contributed by atoms with Crippen LogP contribution in [0.3, 0.4) is 0 Å². The van der Waals surface area contributed by atoms with Crippen LogP contribution in [-0.4, -0.2) is 6.61 Å². The van der Waals surface area contributed by atoms with Crippen molar-refractivity contribution in [1.29, 1.82) is 0 Å². The fourth-order valence-electron chi connectivity index (χ4n) is 1.06. The van der Waals surface area contributed by atoms with Crippen molar-refractivity contribution in [3.63, 3.8) is 0 Å². The summed E-state index contributed by atoms with van der Waals surface area (Å²) in [6.45, 7) is 7.92. The molecule has 0 N–H and O–H groups in total. The molecular weight excluding hydrogens is 196 g/mol. The van der Waals surface area contributed by atoms with Crippen molar-refractivity contribution >= 4 is 11.6 Å². The Balaban J connectivity index is 2.35. The molecular formula is C12H17ClO. The maximum Gasteiger partial charge on any atom is 0.0717 e. The van der Waals surface area contributed by atoms with E-state index in [1.807, 2.05) is 24.3 Å². The molecule has 0 unspecified atom stereocenters. The van der Waals surface area contributed by atoms with Gasteiger partial charge in [0.2, 0.25) is 0 Å². The first-order valence-electron chi connectivity index (χ1n) is 4.79. The van der Waals surface area contributed by atoms with E-state index in [1.165, 1.54) is 5.56 Å². The number of hydrogen-bond donors (Lipinski definition) is 0. The van der Waals surface area contributed by atoms with E-state index >= 15 is 0 Å². The van der Waals surface area contributed by atoms with Gasteiger partial charge in [0.15, 0.2) is 0 Å². The fourth-order valence-corrected chi connectivity index (χ4v) is 1.18. The molecule has 0 aliphatic rings. The zero-order valence-corrected chi connectivity index (χ0v) is 9.77. The molecule has 0 heterocycles. The summed E-state index contributed by atoms with van der Waals surface area (Å²) in [5.41, 5.74) is 1.39. The predicted molar refractivity (Wildman–Crippen MR) is 60.6 cm³/mol. The quantitative estimate of drug-likeness (QED) is 0.739. The average molecular weight is 213 g/mol. The summed E-state index contributed by atoms with van der Waals surface area (Å²) in [6, 6.07) is 7.75. The maximum absolute atomic E-state index is 5.78. The molecule has 0 bridgehead atoms. The first-order valence-corrected chi connectivity index (χ1v) is 5.17.